The fourth-order valence-electron chi connectivity index (χ4n) is 1.09. The highest BCUT2D eigenvalue weighted by Gasteiger charge is 2.06. The number of aliphatic imine (C=N–C) groups is 1. The van der Waals surface area contributed by atoms with E-state index in [0.29, 0.717) is 0 Å². The van der Waals surface area contributed by atoms with Gasteiger partial charge >= 0.3 is 0 Å². The van der Waals surface area contributed by atoms with Gasteiger partial charge in [-0.1, -0.05) is 37.9 Å². The van der Waals surface area contributed by atoms with Crippen molar-refractivity contribution >= 4 is 17.0 Å². The predicted molar refractivity (Wildman–Crippen MR) is 54.9 cm³/mol. The fourth-order valence-corrected chi connectivity index (χ4v) is 1.80. The first kappa shape index (κ1) is 9.90. The molecule has 0 bridgehead atoms. The Balaban J connectivity index is 1.88. The van der Waals surface area contributed by atoms with Gasteiger partial charge in [0.25, 0.3) is 0 Å². The minimum absolute atomic E-state index is 0.853. The molecule has 0 fully saturated rings. The van der Waals surface area contributed by atoms with E-state index in [4.69, 9.17) is 4.74 Å². The van der Waals surface area contributed by atoms with Crippen LogP contribution in [0.15, 0.2) is 4.99 Å². The van der Waals surface area contributed by atoms with Gasteiger partial charge in [-0.25, -0.2) is 4.99 Å². The van der Waals surface area contributed by atoms with Crippen LogP contribution in [-0.2, 0) is 4.74 Å². The Labute approximate surface area is 78.8 Å². The summed E-state index contributed by atoms with van der Waals surface area (Å²) in [5.74, 6) is 1.10. The second-order valence-electron chi connectivity index (χ2n) is 2.91. The Bertz CT molecular complexity index is 147. The van der Waals surface area contributed by atoms with Crippen LogP contribution in [0.5, 0.6) is 0 Å². The molecule has 1 aliphatic rings. The van der Waals surface area contributed by atoms with Gasteiger partial charge in [-0.15, -0.1) is 0 Å². The van der Waals surface area contributed by atoms with Gasteiger partial charge in [0.2, 0.25) is 5.23 Å². The second kappa shape index (κ2) is 6.35. The first-order valence-corrected chi connectivity index (χ1v) is 5.72. The number of unbranched alkanes of at least 4 members (excludes halogenated alkanes) is 3. The topological polar surface area (TPSA) is 21.6 Å². The molecule has 3 heteroatoms. The van der Waals surface area contributed by atoms with Crippen molar-refractivity contribution in [1.29, 1.82) is 0 Å². The molecule has 70 valence electrons. The average Bonchev–Trinajstić information content (AvgIpc) is 2.57. The molecule has 1 aliphatic heterocycles. The van der Waals surface area contributed by atoms with E-state index in [-0.39, 0.29) is 0 Å². The van der Waals surface area contributed by atoms with Crippen LogP contribution in [0.25, 0.3) is 0 Å². The van der Waals surface area contributed by atoms with Gasteiger partial charge in [-0.2, -0.15) is 0 Å². The number of hydrogen-bond donors (Lipinski definition) is 0. The van der Waals surface area contributed by atoms with Crippen LogP contribution >= 0.6 is 11.8 Å². The molecular formula is C9H17NOS. The highest BCUT2D eigenvalue weighted by Crippen LogP contribution is 2.12. The van der Waals surface area contributed by atoms with Crippen molar-refractivity contribution in [2.45, 2.75) is 32.6 Å². The third-order valence-electron chi connectivity index (χ3n) is 1.78. The lowest BCUT2D eigenvalue weighted by molar-refractivity contribution is 0.301. The molecule has 0 N–H and O–H groups in total. The van der Waals surface area contributed by atoms with Crippen LogP contribution in [0.1, 0.15) is 32.6 Å². The number of hydrogen-bond acceptors (Lipinski definition) is 3. The third-order valence-corrected chi connectivity index (χ3v) is 2.66. The normalized spacial score (nSPS) is 16.2. The highest BCUT2D eigenvalue weighted by molar-refractivity contribution is 8.13. The van der Waals surface area contributed by atoms with E-state index in [1.807, 2.05) is 0 Å². The summed E-state index contributed by atoms with van der Waals surface area (Å²) in [5.41, 5.74) is 0. The van der Waals surface area contributed by atoms with E-state index in [2.05, 4.69) is 11.9 Å². The number of ether oxygens (including phenoxy) is 1. The second-order valence-corrected chi connectivity index (χ2v) is 3.95. The Kier molecular flexibility index (Phi) is 5.24. The molecule has 0 spiro atoms. The van der Waals surface area contributed by atoms with Crippen molar-refractivity contribution in [3.8, 4) is 0 Å². The summed E-state index contributed by atoms with van der Waals surface area (Å²) in [7, 11) is 0. The van der Waals surface area contributed by atoms with Crippen LogP contribution in [0.4, 0.5) is 0 Å². The van der Waals surface area contributed by atoms with Crippen molar-refractivity contribution in [2.75, 3.05) is 18.9 Å². The van der Waals surface area contributed by atoms with Crippen molar-refractivity contribution in [3.05, 3.63) is 0 Å². The smallest absolute Gasteiger partial charge is 0.245 e. The molecule has 2 nitrogen and oxygen atoms in total. The van der Waals surface area contributed by atoms with E-state index >= 15 is 0 Å². The maximum absolute atomic E-state index is 5.46. The lowest BCUT2D eigenvalue weighted by Crippen LogP contribution is -1.99. The summed E-state index contributed by atoms with van der Waals surface area (Å²) in [6, 6.07) is 0. The van der Waals surface area contributed by atoms with Crippen molar-refractivity contribution in [1.82, 2.24) is 0 Å². The summed E-state index contributed by atoms with van der Waals surface area (Å²) in [4.78, 5) is 4.21. The SMILES string of the molecule is CCCCCCOC1=NCCS1. The van der Waals surface area contributed by atoms with Gasteiger partial charge < -0.3 is 4.74 Å². The zero-order valence-electron chi connectivity index (χ0n) is 7.71. The summed E-state index contributed by atoms with van der Waals surface area (Å²) in [5, 5.41) is 0.909. The minimum atomic E-state index is 0.853. The fraction of sp³-hybridized carbons (Fsp3) is 0.889. The quantitative estimate of drug-likeness (QED) is 0.617. The molecule has 0 radical (unpaired) electrons. The molecule has 12 heavy (non-hydrogen) atoms. The van der Waals surface area contributed by atoms with Crippen LogP contribution < -0.4 is 0 Å². The molecule has 0 aromatic rings. The average molecular weight is 187 g/mol. The van der Waals surface area contributed by atoms with E-state index in [1.54, 1.807) is 11.8 Å². The van der Waals surface area contributed by atoms with Gasteiger partial charge in [-0.05, 0) is 6.42 Å². The van der Waals surface area contributed by atoms with Gasteiger partial charge in [-0.3, -0.25) is 0 Å². The van der Waals surface area contributed by atoms with Gasteiger partial charge in [0.1, 0.15) is 0 Å². The Morgan fingerprint density at radius 2 is 2.33 bits per heavy atom. The first-order chi connectivity index (χ1) is 5.93. The maximum atomic E-state index is 5.46. The summed E-state index contributed by atoms with van der Waals surface area (Å²) in [6.45, 7) is 4.01. The standard InChI is InChI=1S/C9H17NOS/c1-2-3-4-5-7-11-9-10-6-8-12-9/h2-8H2,1H3. The van der Waals surface area contributed by atoms with Gasteiger partial charge in [0.05, 0.1) is 13.2 Å². The molecule has 0 aliphatic carbocycles. The molecule has 0 saturated carbocycles. The lowest BCUT2D eigenvalue weighted by Gasteiger charge is -2.03. The van der Waals surface area contributed by atoms with E-state index < -0.39 is 0 Å². The Morgan fingerprint density at radius 1 is 1.42 bits per heavy atom. The van der Waals surface area contributed by atoms with Crippen molar-refractivity contribution in [2.24, 2.45) is 4.99 Å². The van der Waals surface area contributed by atoms with Gasteiger partial charge in [0.15, 0.2) is 0 Å². The summed E-state index contributed by atoms with van der Waals surface area (Å²) in [6.07, 6.45) is 5.07. The van der Waals surface area contributed by atoms with Crippen LogP contribution in [-0.4, -0.2) is 24.1 Å². The van der Waals surface area contributed by atoms with Crippen LogP contribution in [0.3, 0.4) is 0 Å². The number of rotatable bonds is 5. The summed E-state index contributed by atoms with van der Waals surface area (Å²) < 4.78 is 5.46. The largest absolute Gasteiger partial charge is 0.473 e. The highest BCUT2D eigenvalue weighted by atomic mass is 32.2. The van der Waals surface area contributed by atoms with E-state index in [0.717, 1.165) is 24.1 Å². The molecular weight excluding hydrogens is 170 g/mol. The van der Waals surface area contributed by atoms with Crippen molar-refractivity contribution < 1.29 is 4.74 Å². The van der Waals surface area contributed by atoms with Gasteiger partial charge in [0, 0.05) is 5.75 Å². The third kappa shape index (κ3) is 4.00. The molecule has 0 aromatic carbocycles. The minimum Gasteiger partial charge on any atom is -0.473 e. The van der Waals surface area contributed by atoms with Crippen molar-refractivity contribution in [3.63, 3.8) is 0 Å². The predicted octanol–water partition coefficient (Wildman–Crippen LogP) is 2.69. The first-order valence-electron chi connectivity index (χ1n) is 4.73. The monoisotopic (exact) mass is 187 g/mol. The lowest BCUT2D eigenvalue weighted by atomic mass is 10.2. The molecule has 0 aromatic heterocycles. The van der Waals surface area contributed by atoms with E-state index in [9.17, 15) is 0 Å². The Hall–Kier alpha value is -0.180. The zero-order valence-corrected chi connectivity index (χ0v) is 8.53. The Morgan fingerprint density at radius 3 is 3.00 bits per heavy atom. The van der Waals surface area contributed by atoms with E-state index in [1.165, 1.54) is 25.7 Å². The molecule has 0 saturated heterocycles. The van der Waals surface area contributed by atoms with Crippen LogP contribution in [0.2, 0.25) is 0 Å². The molecule has 0 atom stereocenters. The maximum Gasteiger partial charge on any atom is 0.245 e. The number of nitrogens with zero attached hydrogens (tertiary/aromatic N) is 1. The molecule has 1 heterocycles. The molecule has 0 amide bonds. The van der Waals surface area contributed by atoms with Crippen LogP contribution in [0, 0.1) is 0 Å². The number of thioether (sulfide) groups is 1. The zero-order chi connectivity index (χ0) is 8.65. The molecule has 1 rings (SSSR count). The molecule has 0 unspecified atom stereocenters. The summed E-state index contributed by atoms with van der Waals surface area (Å²) >= 11 is 1.73.